The Morgan fingerprint density at radius 2 is 1.76 bits per heavy atom. The first-order chi connectivity index (χ1) is 15.9. The SMILES string of the molecule is COc1ccccc1C1C2=C(Oc3ccc(C[C@H](N)CO)cc31)c1ccccc1OC2(C)C. The van der Waals surface area contributed by atoms with Crippen molar-refractivity contribution in [3.8, 4) is 17.2 Å². The van der Waals surface area contributed by atoms with Gasteiger partial charge in [-0.25, -0.2) is 0 Å². The van der Waals surface area contributed by atoms with Gasteiger partial charge >= 0.3 is 0 Å². The number of aliphatic hydroxyl groups excluding tert-OH is 1. The Bertz CT molecular complexity index is 1230. The lowest BCUT2D eigenvalue weighted by Crippen LogP contribution is -2.40. The van der Waals surface area contributed by atoms with Crippen LogP contribution < -0.4 is 19.9 Å². The fourth-order valence-corrected chi connectivity index (χ4v) is 4.98. The minimum absolute atomic E-state index is 0.0591. The van der Waals surface area contributed by atoms with Crippen LogP contribution in [0.15, 0.2) is 72.3 Å². The first-order valence-corrected chi connectivity index (χ1v) is 11.3. The van der Waals surface area contributed by atoms with Gasteiger partial charge in [-0.05, 0) is 50.1 Å². The van der Waals surface area contributed by atoms with Gasteiger partial charge in [-0.15, -0.1) is 0 Å². The summed E-state index contributed by atoms with van der Waals surface area (Å²) in [6.07, 6.45) is 0.580. The molecule has 2 atom stereocenters. The zero-order valence-electron chi connectivity index (χ0n) is 19.2. The van der Waals surface area contributed by atoms with Crippen molar-refractivity contribution in [2.45, 2.75) is 37.8 Å². The van der Waals surface area contributed by atoms with Crippen LogP contribution in [-0.4, -0.2) is 30.5 Å². The zero-order valence-corrected chi connectivity index (χ0v) is 19.2. The monoisotopic (exact) mass is 443 g/mol. The minimum atomic E-state index is -0.607. The third-order valence-electron chi connectivity index (χ3n) is 6.46. The molecule has 2 aliphatic heterocycles. The molecule has 0 bridgehead atoms. The Morgan fingerprint density at radius 1 is 1.00 bits per heavy atom. The van der Waals surface area contributed by atoms with E-state index in [1.807, 2.05) is 54.6 Å². The van der Waals surface area contributed by atoms with Crippen molar-refractivity contribution in [3.05, 3.63) is 94.6 Å². The molecule has 0 amide bonds. The largest absolute Gasteiger partial charge is 0.496 e. The number of aliphatic hydroxyl groups is 1. The lowest BCUT2D eigenvalue weighted by atomic mass is 9.73. The van der Waals surface area contributed by atoms with E-state index in [0.717, 1.165) is 50.8 Å². The van der Waals surface area contributed by atoms with Crippen LogP contribution in [0.3, 0.4) is 0 Å². The summed E-state index contributed by atoms with van der Waals surface area (Å²) < 4.78 is 18.9. The fourth-order valence-electron chi connectivity index (χ4n) is 4.98. The number of fused-ring (bicyclic) bond motifs is 3. The number of hydrogen-bond donors (Lipinski definition) is 2. The van der Waals surface area contributed by atoms with Gasteiger partial charge in [0.15, 0.2) is 0 Å². The first-order valence-electron chi connectivity index (χ1n) is 11.3. The average molecular weight is 444 g/mol. The van der Waals surface area contributed by atoms with Gasteiger partial charge in [0.2, 0.25) is 0 Å². The number of hydrogen-bond acceptors (Lipinski definition) is 5. The molecule has 2 aliphatic rings. The van der Waals surface area contributed by atoms with E-state index < -0.39 is 5.60 Å². The van der Waals surface area contributed by atoms with Crippen LogP contribution in [0.2, 0.25) is 0 Å². The topological polar surface area (TPSA) is 73.9 Å². The molecule has 3 aromatic carbocycles. The smallest absolute Gasteiger partial charge is 0.142 e. The van der Waals surface area contributed by atoms with Gasteiger partial charge < -0.3 is 25.1 Å². The number of benzene rings is 3. The van der Waals surface area contributed by atoms with E-state index in [1.54, 1.807) is 7.11 Å². The van der Waals surface area contributed by atoms with E-state index in [1.165, 1.54) is 0 Å². The zero-order chi connectivity index (χ0) is 23.2. The van der Waals surface area contributed by atoms with E-state index >= 15 is 0 Å². The van der Waals surface area contributed by atoms with Crippen molar-refractivity contribution >= 4 is 5.76 Å². The van der Waals surface area contributed by atoms with E-state index in [9.17, 15) is 5.11 Å². The van der Waals surface area contributed by atoms with Crippen LogP contribution in [0.4, 0.5) is 0 Å². The van der Waals surface area contributed by atoms with Crippen molar-refractivity contribution in [1.29, 1.82) is 0 Å². The van der Waals surface area contributed by atoms with Gasteiger partial charge in [-0.2, -0.15) is 0 Å². The standard InChI is InChI=1S/C28H29NO4/c1-28(2)26-25(19-8-4-6-10-22(19)31-3)21-15-17(14-18(29)16-30)12-13-23(21)32-27(26)20-9-5-7-11-24(20)33-28/h4-13,15,18,25,30H,14,16,29H2,1-3H3/t18-,25?/m0/s1. The molecule has 0 radical (unpaired) electrons. The van der Waals surface area contributed by atoms with E-state index in [0.29, 0.717) is 6.42 Å². The van der Waals surface area contributed by atoms with Gasteiger partial charge in [0.25, 0.3) is 0 Å². The predicted octanol–water partition coefficient (Wildman–Crippen LogP) is 4.66. The summed E-state index contributed by atoms with van der Waals surface area (Å²) >= 11 is 0. The molecule has 0 saturated carbocycles. The molecule has 1 unspecified atom stereocenters. The van der Waals surface area contributed by atoms with Crippen LogP contribution in [0.25, 0.3) is 5.76 Å². The molecule has 0 fully saturated rings. The highest BCUT2D eigenvalue weighted by atomic mass is 16.5. The maximum Gasteiger partial charge on any atom is 0.142 e. The molecule has 0 spiro atoms. The number of nitrogens with two attached hydrogens (primary N) is 1. The molecule has 33 heavy (non-hydrogen) atoms. The van der Waals surface area contributed by atoms with Gasteiger partial charge in [-0.1, -0.05) is 42.5 Å². The van der Waals surface area contributed by atoms with Gasteiger partial charge in [0, 0.05) is 28.7 Å². The number of para-hydroxylation sites is 2. The fraction of sp³-hybridized carbons (Fsp3) is 0.286. The van der Waals surface area contributed by atoms with Gasteiger partial charge in [0.05, 0.1) is 19.3 Å². The van der Waals surface area contributed by atoms with E-state index in [4.69, 9.17) is 19.9 Å². The maximum atomic E-state index is 9.46. The molecular weight excluding hydrogens is 414 g/mol. The number of ether oxygens (including phenoxy) is 3. The number of methoxy groups -OCH3 is 1. The summed E-state index contributed by atoms with van der Waals surface area (Å²) in [5, 5.41) is 9.46. The summed E-state index contributed by atoms with van der Waals surface area (Å²) in [6.45, 7) is 4.11. The van der Waals surface area contributed by atoms with Crippen molar-refractivity contribution in [2.24, 2.45) is 5.73 Å². The summed E-state index contributed by atoms with van der Waals surface area (Å²) in [5.41, 5.74) is 10.6. The summed E-state index contributed by atoms with van der Waals surface area (Å²) in [6, 6.07) is 22.0. The molecule has 0 aromatic heterocycles. The molecule has 5 rings (SSSR count). The summed E-state index contributed by atoms with van der Waals surface area (Å²) in [4.78, 5) is 0. The minimum Gasteiger partial charge on any atom is -0.496 e. The molecular formula is C28H29NO4. The third-order valence-corrected chi connectivity index (χ3v) is 6.46. The van der Waals surface area contributed by atoms with Crippen molar-refractivity contribution in [3.63, 3.8) is 0 Å². The summed E-state index contributed by atoms with van der Waals surface area (Å²) in [5.74, 6) is 3.14. The Hall–Kier alpha value is -3.28. The molecule has 0 aliphatic carbocycles. The van der Waals surface area contributed by atoms with Crippen LogP contribution in [0.1, 0.15) is 42.0 Å². The second-order valence-electron chi connectivity index (χ2n) is 9.15. The van der Waals surface area contributed by atoms with Crippen LogP contribution in [0.5, 0.6) is 17.2 Å². The molecule has 3 N–H and O–H groups in total. The maximum absolute atomic E-state index is 9.46. The molecule has 5 nitrogen and oxygen atoms in total. The molecule has 170 valence electrons. The highest BCUT2D eigenvalue weighted by Crippen LogP contribution is 2.55. The van der Waals surface area contributed by atoms with Crippen molar-refractivity contribution < 1.29 is 19.3 Å². The van der Waals surface area contributed by atoms with Gasteiger partial charge in [-0.3, -0.25) is 0 Å². The Balaban J connectivity index is 1.77. The van der Waals surface area contributed by atoms with E-state index in [2.05, 4.69) is 26.0 Å². The highest BCUT2D eigenvalue weighted by molar-refractivity contribution is 5.79. The molecule has 0 saturated heterocycles. The second-order valence-corrected chi connectivity index (χ2v) is 9.15. The van der Waals surface area contributed by atoms with Crippen molar-refractivity contribution in [2.75, 3.05) is 13.7 Å². The lowest BCUT2D eigenvalue weighted by Gasteiger charge is -2.43. The molecule has 3 aromatic rings. The Morgan fingerprint density at radius 3 is 2.55 bits per heavy atom. The Labute approximate surface area is 194 Å². The van der Waals surface area contributed by atoms with E-state index in [-0.39, 0.29) is 18.6 Å². The second kappa shape index (κ2) is 8.25. The average Bonchev–Trinajstić information content (AvgIpc) is 2.82. The molecule has 2 heterocycles. The van der Waals surface area contributed by atoms with Crippen LogP contribution >= 0.6 is 0 Å². The van der Waals surface area contributed by atoms with Crippen molar-refractivity contribution in [1.82, 2.24) is 0 Å². The summed E-state index contributed by atoms with van der Waals surface area (Å²) in [7, 11) is 1.70. The van der Waals surface area contributed by atoms with Gasteiger partial charge in [0.1, 0.15) is 28.6 Å². The van der Waals surface area contributed by atoms with Crippen LogP contribution in [-0.2, 0) is 6.42 Å². The lowest BCUT2D eigenvalue weighted by molar-refractivity contribution is 0.132. The Kier molecular flexibility index (Phi) is 5.39. The predicted molar refractivity (Wildman–Crippen MR) is 129 cm³/mol. The molecule has 5 heteroatoms. The highest BCUT2D eigenvalue weighted by Gasteiger charge is 2.45. The quantitative estimate of drug-likeness (QED) is 0.600. The normalized spacial score (nSPS) is 18.9. The van der Waals surface area contributed by atoms with Crippen LogP contribution in [0, 0.1) is 0 Å². The number of rotatable bonds is 5. The first kappa shape index (κ1) is 21.6. The third kappa shape index (κ3) is 3.67.